The molecule has 0 unspecified atom stereocenters. The van der Waals surface area contributed by atoms with Gasteiger partial charge in [-0.15, -0.1) is 0 Å². The number of ether oxygens (including phenoxy) is 1. The lowest BCUT2D eigenvalue weighted by Gasteiger charge is -2.24. The number of ketones is 1. The molecule has 0 saturated heterocycles. The zero-order chi connectivity index (χ0) is 30.3. The van der Waals surface area contributed by atoms with E-state index in [9.17, 15) is 45.9 Å². The van der Waals surface area contributed by atoms with Gasteiger partial charge in [-0.3, -0.25) is 24.0 Å². The Balaban J connectivity index is 2.13. The van der Waals surface area contributed by atoms with E-state index in [0.29, 0.717) is 3.57 Å². The molecule has 0 spiro atoms. The van der Waals surface area contributed by atoms with E-state index < -0.39 is 95.3 Å². The first-order chi connectivity index (χ1) is 18.6. The Bertz CT molecular complexity index is 1320. The van der Waals surface area contributed by atoms with Gasteiger partial charge in [0, 0.05) is 9.64 Å². The molecular weight excluding hydrogens is 664 g/mol. The predicted molar refractivity (Wildman–Crippen MR) is 135 cm³/mol. The van der Waals surface area contributed by atoms with Gasteiger partial charge in [0.15, 0.2) is 23.2 Å². The average Bonchev–Trinajstić information content (AvgIpc) is 2.86. The number of amides is 3. The number of hydrogen-bond donors (Lipinski definition) is 4. The van der Waals surface area contributed by atoms with Crippen LogP contribution in [0.4, 0.5) is 27.6 Å². The highest BCUT2D eigenvalue weighted by Crippen LogP contribution is 2.26. The van der Waals surface area contributed by atoms with Gasteiger partial charge in [0.05, 0.1) is 12.1 Å². The molecule has 16 heteroatoms. The molecule has 40 heavy (non-hydrogen) atoms. The zero-order valence-electron chi connectivity index (χ0n) is 20.6. The van der Waals surface area contributed by atoms with Crippen LogP contribution in [0.1, 0.15) is 20.3 Å². The van der Waals surface area contributed by atoms with Gasteiger partial charge in [-0.25, -0.2) is 13.2 Å². The molecule has 0 bridgehead atoms. The minimum Gasteiger partial charge on any atom is -0.481 e. The summed E-state index contributed by atoms with van der Waals surface area (Å²) in [5.41, 5.74) is -0.315. The minimum atomic E-state index is -1.95. The third-order valence-corrected chi connectivity index (χ3v) is 5.81. The van der Waals surface area contributed by atoms with Crippen molar-refractivity contribution in [2.24, 2.45) is 5.92 Å². The van der Waals surface area contributed by atoms with Crippen molar-refractivity contribution in [2.45, 2.75) is 32.4 Å². The number of carbonyl (C=O) groups excluding carboxylic acids is 4. The maximum atomic E-state index is 14.0. The number of halogens is 6. The quantitative estimate of drug-likeness (QED) is 0.123. The standard InChI is InChI=1S/C24H21F5IN3O7/c1-9(2)20(33-24(39)23(38)31-14-4-3-10(30)5-11(14)25)22(37)32-15(7-17(35)36)16(34)8-40-21-18(28)12(26)6-13(27)19(21)29/h3-6,9,15,20H,7-8H2,1-2H3,(H,31,38)(H,32,37)(H,33,39)(H,35,36)/t15-,20-/m0/s1. The summed E-state index contributed by atoms with van der Waals surface area (Å²) in [5.74, 6) is -17.4. The Kier molecular flexibility index (Phi) is 11.3. The van der Waals surface area contributed by atoms with Gasteiger partial charge in [-0.2, -0.15) is 8.78 Å². The van der Waals surface area contributed by atoms with Gasteiger partial charge in [0.25, 0.3) is 0 Å². The summed E-state index contributed by atoms with van der Waals surface area (Å²) in [6, 6.07) is 0.257. The van der Waals surface area contributed by atoms with Crippen LogP contribution in [0, 0.1) is 38.6 Å². The molecule has 0 fully saturated rings. The fourth-order valence-corrected chi connectivity index (χ4v) is 3.57. The van der Waals surface area contributed by atoms with Crippen LogP contribution in [-0.4, -0.2) is 53.3 Å². The average molecular weight is 685 g/mol. The summed E-state index contributed by atoms with van der Waals surface area (Å²) in [6.45, 7) is 1.56. The molecule has 0 aliphatic rings. The van der Waals surface area contributed by atoms with Crippen molar-refractivity contribution in [1.29, 1.82) is 0 Å². The second-order valence-corrected chi connectivity index (χ2v) is 9.73. The number of hydrogen-bond acceptors (Lipinski definition) is 6. The summed E-state index contributed by atoms with van der Waals surface area (Å²) in [7, 11) is 0. The first-order valence-electron chi connectivity index (χ1n) is 11.2. The Hall–Kier alpha value is -3.83. The minimum absolute atomic E-state index is 0.0929. The SMILES string of the molecule is CC(C)[C@H](NC(=O)C(=O)Nc1ccc(I)cc1F)C(=O)N[C@@H](CC(=O)O)C(=O)COc1c(F)c(F)cc(F)c1F. The summed E-state index contributed by atoms with van der Waals surface area (Å²) in [6.07, 6.45) is -1.05. The smallest absolute Gasteiger partial charge is 0.313 e. The monoisotopic (exact) mass is 685 g/mol. The lowest BCUT2D eigenvalue weighted by molar-refractivity contribution is -0.141. The first-order valence-corrected chi connectivity index (χ1v) is 12.3. The molecule has 4 N–H and O–H groups in total. The molecule has 0 saturated carbocycles. The lowest BCUT2D eigenvalue weighted by Crippen LogP contribution is -2.56. The van der Waals surface area contributed by atoms with Crippen molar-refractivity contribution in [2.75, 3.05) is 11.9 Å². The third kappa shape index (κ3) is 8.59. The summed E-state index contributed by atoms with van der Waals surface area (Å²) in [5, 5.41) is 15.3. The van der Waals surface area contributed by atoms with Crippen molar-refractivity contribution in [1.82, 2.24) is 10.6 Å². The van der Waals surface area contributed by atoms with Crippen molar-refractivity contribution in [3.05, 3.63) is 56.9 Å². The van der Waals surface area contributed by atoms with E-state index in [4.69, 9.17) is 5.11 Å². The maximum Gasteiger partial charge on any atom is 0.313 e. The van der Waals surface area contributed by atoms with E-state index in [-0.39, 0.29) is 11.8 Å². The van der Waals surface area contributed by atoms with Crippen LogP contribution in [0.5, 0.6) is 5.75 Å². The Morgan fingerprint density at radius 1 is 0.900 bits per heavy atom. The highest BCUT2D eigenvalue weighted by atomic mass is 127. The van der Waals surface area contributed by atoms with Crippen molar-refractivity contribution in [3.8, 4) is 5.75 Å². The van der Waals surface area contributed by atoms with Crippen molar-refractivity contribution < 1.29 is 55.8 Å². The number of carbonyl (C=O) groups is 5. The molecule has 2 atom stereocenters. The van der Waals surface area contributed by atoms with Crippen LogP contribution in [0.25, 0.3) is 0 Å². The molecule has 0 aliphatic heterocycles. The van der Waals surface area contributed by atoms with E-state index >= 15 is 0 Å². The number of Topliss-reactive ketones (excluding diaryl/α,β-unsaturated/α-hetero) is 1. The van der Waals surface area contributed by atoms with Crippen LogP contribution in [0.2, 0.25) is 0 Å². The molecule has 2 rings (SSSR count). The number of rotatable bonds is 11. The van der Waals surface area contributed by atoms with Gasteiger partial charge >= 0.3 is 17.8 Å². The Labute approximate surface area is 236 Å². The zero-order valence-corrected chi connectivity index (χ0v) is 22.8. The molecule has 0 radical (unpaired) electrons. The second kappa shape index (κ2) is 14.0. The molecule has 10 nitrogen and oxygen atoms in total. The molecule has 2 aromatic rings. The van der Waals surface area contributed by atoms with E-state index in [0.717, 1.165) is 6.07 Å². The normalized spacial score (nSPS) is 12.3. The van der Waals surface area contributed by atoms with E-state index in [1.807, 2.05) is 33.2 Å². The number of nitrogens with one attached hydrogen (secondary N) is 3. The highest BCUT2D eigenvalue weighted by molar-refractivity contribution is 14.1. The topological polar surface area (TPSA) is 151 Å². The van der Waals surface area contributed by atoms with Gasteiger partial charge < -0.3 is 25.8 Å². The summed E-state index contributed by atoms with van der Waals surface area (Å²) < 4.78 is 73.4. The molecule has 0 heterocycles. The molecule has 2 aromatic carbocycles. The number of aliphatic carboxylic acids is 1. The lowest BCUT2D eigenvalue weighted by atomic mass is 10.0. The molecule has 3 amide bonds. The van der Waals surface area contributed by atoms with Crippen molar-refractivity contribution in [3.63, 3.8) is 0 Å². The number of carboxylic acid groups (broad SMARTS) is 1. The fourth-order valence-electron chi connectivity index (χ4n) is 3.12. The van der Waals surface area contributed by atoms with Gasteiger partial charge in [-0.05, 0) is 46.7 Å². The molecule has 216 valence electrons. The molecule has 0 aliphatic carbocycles. The number of carboxylic acids is 1. The number of benzene rings is 2. The van der Waals surface area contributed by atoms with Crippen LogP contribution >= 0.6 is 22.6 Å². The van der Waals surface area contributed by atoms with Gasteiger partial charge in [0.1, 0.15) is 24.5 Å². The third-order valence-electron chi connectivity index (χ3n) is 5.14. The summed E-state index contributed by atoms with van der Waals surface area (Å²) >= 11 is 1.83. The van der Waals surface area contributed by atoms with Gasteiger partial charge in [0.2, 0.25) is 17.5 Å². The van der Waals surface area contributed by atoms with E-state index in [1.54, 1.807) is 0 Å². The predicted octanol–water partition coefficient (Wildman–Crippen LogP) is 2.67. The second-order valence-electron chi connectivity index (χ2n) is 8.48. The summed E-state index contributed by atoms with van der Waals surface area (Å²) in [4.78, 5) is 61.2. The Morgan fingerprint density at radius 2 is 1.50 bits per heavy atom. The fraction of sp³-hybridized carbons (Fsp3) is 0.292. The van der Waals surface area contributed by atoms with Crippen LogP contribution in [-0.2, 0) is 24.0 Å². The van der Waals surface area contributed by atoms with Gasteiger partial charge in [-0.1, -0.05) is 13.8 Å². The number of anilines is 1. The van der Waals surface area contributed by atoms with E-state index in [1.165, 1.54) is 26.0 Å². The van der Waals surface area contributed by atoms with Crippen LogP contribution in [0.3, 0.4) is 0 Å². The van der Waals surface area contributed by atoms with Crippen molar-refractivity contribution >= 4 is 57.8 Å². The molecule has 0 aromatic heterocycles. The maximum absolute atomic E-state index is 14.0. The van der Waals surface area contributed by atoms with E-state index in [2.05, 4.69) is 10.1 Å². The van der Waals surface area contributed by atoms with Crippen LogP contribution in [0.15, 0.2) is 24.3 Å². The van der Waals surface area contributed by atoms with Crippen LogP contribution < -0.4 is 20.7 Å². The highest BCUT2D eigenvalue weighted by Gasteiger charge is 2.32. The first kappa shape index (κ1) is 32.4. The largest absolute Gasteiger partial charge is 0.481 e. The molecular formula is C24H21F5IN3O7. The Morgan fingerprint density at radius 3 is 2.02 bits per heavy atom.